The Hall–Kier alpha value is -2.18. The SMILES string of the molecule is CN(Cc1ccc(F)c(F)c1)C(=O)NCCC(=O)O. The Kier molecular flexibility index (Phi) is 5.23. The number of carbonyl (C=O) groups is 2. The van der Waals surface area contributed by atoms with Crippen LogP contribution in [0.3, 0.4) is 0 Å². The van der Waals surface area contributed by atoms with E-state index in [1.807, 2.05) is 0 Å². The van der Waals surface area contributed by atoms with Gasteiger partial charge < -0.3 is 15.3 Å². The van der Waals surface area contributed by atoms with Crippen molar-refractivity contribution in [1.29, 1.82) is 0 Å². The van der Waals surface area contributed by atoms with Gasteiger partial charge in [-0.25, -0.2) is 13.6 Å². The first-order chi connectivity index (χ1) is 8.90. The minimum Gasteiger partial charge on any atom is -0.481 e. The Morgan fingerprint density at radius 3 is 2.58 bits per heavy atom. The molecule has 0 aliphatic rings. The molecule has 0 radical (unpaired) electrons. The Morgan fingerprint density at radius 2 is 2.00 bits per heavy atom. The summed E-state index contributed by atoms with van der Waals surface area (Å²) in [6.07, 6.45) is -0.176. The fourth-order valence-corrected chi connectivity index (χ4v) is 1.39. The van der Waals surface area contributed by atoms with Crippen LogP contribution < -0.4 is 5.32 Å². The number of hydrogen-bond acceptors (Lipinski definition) is 2. The Bertz CT molecular complexity index is 480. The van der Waals surface area contributed by atoms with Crippen LogP contribution in [0.25, 0.3) is 0 Å². The van der Waals surface area contributed by atoms with Crippen molar-refractivity contribution >= 4 is 12.0 Å². The molecule has 0 fully saturated rings. The summed E-state index contributed by atoms with van der Waals surface area (Å²) in [5, 5.41) is 10.8. The van der Waals surface area contributed by atoms with Crippen molar-refractivity contribution < 1.29 is 23.5 Å². The number of urea groups is 1. The highest BCUT2D eigenvalue weighted by Crippen LogP contribution is 2.10. The predicted molar refractivity (Wildman–Crippen MR) is 63.5 cm³/mol. The molecular formula is C12H14F2N2O3. The topological polar surface area (TPSA) is 69.6 Å². The highest BCUT2D eigenvalue weighted by Gasteiger charge is 2.10. The molecule has 0 saturated heterocycles. The van der Waals surface area contributed by atoms with E-state index in [1.165, 1.54) is 18.0 Å². The van der Waals surface area contributed by atoms with Crippen LogP contribution in [0.1, 0.15) is 12.0 Å². The zero-order valence-corrected chi connectivity index (χ0v) is 10.3. The average molecular weight is 272 g/mol. The van der Waals surface area contributed by atoms with E-state index in [2.05, 4.69) is 5.32 Å². The fraction of sp³-hybridized carbons (Fsp3) is 0.333. The average Bonchev–Trinajstić information content (AvgIpc) is 2.33. The molecule has 0 unspecified atom stereocenters. The first kappa shape index (κ1) is 14.9. The van der Waals surface area contributed by atoms with Crippen molar-refractivity contribution in [1.82, 2.24) is 10.2 Å². The molecule has 0 aromatic heterocycles. The molecule has 0 aliphatic carbocycles. The zero-order valence-electron chi connectivity index (χ0n) is 10.3. The largest absolute Gasteiger partial charge is 0.481 e. The lowest BCUT2D eigenvalue weighted by Crippen LogP contribution is -2.37. The standard InChI is InChI=1S/C12H14F2N2O3/c1-16(12(19)15-5-4-11(17)18)7-8-2-3-9(13)10(14)6-8/h2-3,6H,4-5,7H2,1H3,(H,15,19)(H,17,18). The van der Waals surface area contributed by atoms with Crippen LogP contribution >= 0.6 is 0 Å². The number of rotatable bonds is 5. The van der Waals surface area contributed by atoms with Gasteiger partial charge in [-0.15, -0.1) is 0 Å². The van der Waals surface area contributed by atoms with Crippen molar-refractivity contribution in [2.75, 3.05) is 13.6 Å². The van der Waals surface area contributed by atoms with E-state index in [-0.39, 0.29) is 19.5 Å². The third kappa shape index (κ3) is 4.90. The third-order valence-corrected chi connectivity index (χ3v) is 2.37. The molecule has 0 heterocycles. The monoisotopic (exact) mass is 272 g/mol. The van der Waals surface area contributed by atoms with Crippen molar-refractivity contribution in [2.24, 2.45) is 0 Å². The maximum atomic E-state index is 13.0. The Balaban J connectivity index is 2.49. The Labute approximate surface area is 108 Å². The van der Waals surface area contributed by atoms with E-state index in [0.29, 0.717) is 5.56 Å². The maximum Gasteiger partial charge on any atom is 0.317 e. The first-order valence-corrected chi connectivity index (χ1v) is 5.55. The highest BCUT2D eigenvalue weighted by molar-refractivity contribution is 5.74. The van der Waals surface area contributed by atoms with E-state index >= 15 is 0 Å². The molecule has 1 aromatic carbocycles. The van der Waals surface area contributed by atoms with Crippen LogP contribution in [0, 0.1) is 11.6 Å². The number of amides is 2. The highest BCUT2D eigenvalue weighted by atomic mass is 19.2. The van der Waals surface area contributed by atoms with Gasteiger partial charge in [-0.1, -0.05) is 6.07 Å². The van der Waals surface area contributed by atoms with Crippen molar-refractivity contribution in [3.05, 3.63) is 35.4 Å². The number of nitrogens with one attached hydrogen (secondary N) is 1. The smallest absolute Gasteiger partial charge is 0.317 e. The van der Waals surface area contributed by atoms with E-state index in [1.54, 1.807) is 0 Å². The second-order valence-electron chi connectivity index (χ2n) is 3.98. The third-order valence-electron chi connectivity index (χ3n) is 2.37. The van der Waals surface area contributed by atoms with Gasteiger partial charge in [0.25, 0.3) is 0 Å². The number of benzene rings is 1. The number of aliphatic carboxylic acids is 1. The van der Waals surface area contributed by atoms with Crippen LogP contribution in [0.5, 0.6) is 0 Å². The lowest BCUT2D eigenvalue weighted by molar-refractivity contribution is -0.136. The first-order valence-electron chi connectivity index (χ1n) is 5.55. The predicted octanol–water partition coefficient (Wildman–Crippen LogP) is 1.58. The van der Waals surface area contributed by atoms with Crippen molar-refractivity contribution in [3.8, 4) is 0 Å². The van der Waals surface area contributed by atoms with Crippen LogP contribution in [-0.4, -0.2) is 35.6 Å². The lowest BCUT2D eigenvalue weighted by atomic mass is 10.2. The number of carboxylic acids is 1. The minimum absolute atomic E-state index is 0.0102. The number of carboxylic acid groups (broad SMARTS) is 1. The van der Waals surface area contributed by atoms with Crippen molar-refractivity contribution in [2.45, 2.75) is 13.0 Å². The molecule has 2 amide bonds. The van der Waals surface area contributed by atoms with Crippen LogP contribution in [0.15, 0.2) is 18.2 Å². The zero-order chi connectivity index (χ0) is 14.4. The van der Waals surface area contributed by atoms with Gasteiger partial charge in [0, 0.05) is 20.1 Å². The Morgan fingerprint density at radius 1 is 1.32 bits per heavy atom. The normalized spacial score (nSPS) is 10.1. The number of carbonyl (C=O) groups excluding carboxylic acids is 1. The molecule has 1 aromatic rings. The molecule has 0 aliphatic heterocycles. The lowest BCUT2D eigenvalue weighted by Gasteiger charge is -2.17. The molecule has 1 rings (SSSR count). The van der Waals surface area contributed by atoms with Gasteiger partial charge in [-0.2, -0.15) is 0 Å². The molecule has 0 saturated carbocycles. The van der Waals surface area contributed by atoms with Gasteiger partial charge in [0.15, 0.2) is 11.6 Å². The number of hydrogen-bond donors (Lipinski definition) is 2. The van der Waals surface area contributed by atoms with E-state index in [4.69, 9.17) is 5.11 Å². The van der Waals surface area contributed by atoms with Gasteiger partial charge in [0.2, 0.25) is 0 Å². The second-order valence-corrected chi connectivity index (χ2v) is 3.98. The van der Waals surface area contributed by atoms with Crippen LogP contribution in [-0.2, 0) is 11.3 Å². The van der Waals surface area contributed by atoms with E-state index in [0.717, 1.165) is 12.1 Å². The molecular weight excluding hydrogens is 258 g/mol. The summed E-state index contributed by atoms with van der Waals surface area (Å²) in [6.45, 7) is 0.104. The molecule has 104 valence electrons. The maximum absolute atomic E-state index is 13.0. The molecule has 0 atom stereocenters. The van der Waals surface area contributed by atoms with Crippen LogP contribution in [0.2, 0.25) is 0 Å². The number of nitrogens with zero attached hydrogens (tertiary/aromatic N) is 1. The quantitative estimate of drug-likeness (QED) is 0.855. The second kappa shape index (κ2) is 6.67. The molecule has 5 nitrogen and oxygen atoms in total. The summed E-state index contributed by atoms with van der Waals surface area (Å²) >= 11 is 0. The summed E-state index contributed by atoms with van der Waals surface area (Å²) in [5.74, 6) is -2.93. The molecule has 0 spiro atoms. The van der Waals surface area contributed by atoms with Gasteiger partial charge in [-0.3, -0.25) is 4.79 Å². The van der Waals surface area contributed by atoms with Gasteiger partial charge in [-0.05, 0) is 17.7 Å². The molecule has 7 heteroatoms. The summed E-state index contributed by atoms with van der Waals surface area (Å²) < 4.78 is 25.7. The molecule has 19 heavy (non-hydrogen) atoms. The summed E-state index contributed by atoms with van der Waals surface area (Å²) in [5.41, 5.74) is 0.440. The van der Waals surface area contributed by atoms with Crippen molar-refractivity contribution in [3.63, 3.8) is 0 Å². The summed E-state index contributed by atoms with van der Waals surface area (Å²) in [7, 11) is 1.47. The minimum atomic E-state index is -1.01. The summed E-state index contributed by atoms with van der Waals surface area (Å²) in [6, 6.07) is 2.89. The van der Waals surface area contributed by atoms with E-state index < -0.39 is 23.6 Å². The van der Waals surface area contributed by atoms with Gasteiger partial charge in [0.1, 0.15) is 0 Å². The van der Waals surface area contributed by atoms with E-state index in [9.17, 15) is 18.4 Å². The van der Waals surface area contributed by atoms with Gasteiger partial charge >= 0.3 is 12.0 Å². The fourth-order valence-electron chi connectivity index (χ4n) is 1.39. The van der Waals surface area contributed by atoms with Crippen LogP contribution in [0.4, 0.5) is 13.6 Å². The molecule has 2 N–H and O–H groups in total. The van der Waals surface area contributed by atoms with Gasteiger partial charge in [0.05, 0.1) is 6.42 Å². The number of halogens is 2. The summed E-state index contributed by atoms with van der Waals surface area (Å²) in [4.78, 5) is 23.0. The molecule has 0 bridgehead atoms.